The van der Waals surface area contributed by atoms with Crippen LogP contribution in [0.25, 0.3) is 0 Å². The van der Waals surface area contributed by atoms with Gasteiger partial charge in [-0.25, -0.2) is 0 Å². The molecule has 3 nitrogen and oxygen atoms in total. The fourth-order valence-corrected chi connectivity index (χ4v) is 2.99. The van der Waals surface area contributed by atoms with E-state index in [1.165, 1.54) is 38.5 Å². The van der Waals surface area contributed by atoms with Gasteiger partial charge in [0.25, 0.3) is 0 Å². The minimum atomic E-state index is 0.802. The molecule has 19 heavy (non-hydrogen) atoms. The Balaban J connectivity index is 1.96. The van der Waals surface area contributed by atoms with Crippen molar-refractivity contribution in [3.63, 3.8) is 0 Å². The summed E-state index contributed by atoms with van der Waals surface area (Å²) >= 11 is 0. The number of ether oxygens (including phenoxy) is 1. The summed E-state index contributed by atoms with van der Waals surface area (Å²) < 4.78 is 5.54. The van der Waals surface area contributed by atoms with Gasteiger partial charge in [-0.3, -0.25) is 0 Å². The Morgan fingerprint density at radius 1 is 1.16 bits per heavy atom. The van der Waals surface area contributed by atoms with E-state index in [1.807, 2.05) is 0 Å². The number of nitrogens with one attached hydrogen (secondary N) is 1. The Hall–Kier alpha value is -0.120. The van der Waals surface area contributed by atoms with Crippen LogP contribution in [0, 0.1) is 5.92 Å². The van der Waals surface area contributed by atoms with Crippen LogP contribution in [0.1, 0.15) is 52.4 Å². The molecule has 0 aromatic rings. The number of unbranched alkanes of at least 4 members (excludes halogenated alkanes) is 1. The van der Waals surface area contributed by atoms with Crippen LogP contribution in [-0.2, 0) is 4.74 Å². The van der Waals surface area contributed by atoms with Crippen molar-refractivity contribution in [3.8, 4) is 0 Å². The maximum atomic E-state index is 5.54. The fourth-order valence-electron chi connectivity index (χ4n) is 2.99. The largest absolute Gasteiger partial charge is 0.380 e. The molecule has 0 aromatic carbocycles. The second-order valence-electron chi connectivity index (χ2n) is 6.03. The fraction of sp³-hybridized carbons (Fsp3) is 1.00. The number of hydrogen-bond acceptors (Lipinski definition) is 3. The highest BCUT2D eigenvalue weighted by Crippen LogP contribution is 2.26. The third-order valence-corrected chi connectivity index (χ3v) is 4.34. The van der Waals surface area contributed by atoms with Crippen molar-refractivity contribution in [3.05, 3.63) is 0 Å². The van der Waals surface area contributed by atoms with Crippen molar-refractivity contribution < 1.29 is 4.74 Å². The van der Waals surface area contributed by atoms with Crippen molar-refractivity contribution in [2.75, 3.05) is 39.9 Å². The molecule has 1 saturated carbocycles. The zero-order valence-electron chi connectivity index (χ0n) is 13.3. The molecule has 2 atom stereocenters. The predicted molar refractivity (Wildman–Crippen MR) is 82.6 cm³/mol. The minimum absolute atomic E-state index is 0.802. The maximum Gasteiger partial charge on any atom is 0.0590 e. The molecule has 0 heterocycles. The van der Waals surface area contributed by atoms with E-state index in [0.29, 0.717) is 0 Å². The number of likely N-dealkylation sites (N-methyl/N-ethyl adjacent to an activating group) is 1. The molecule has 1 aliphatic carbocycles. The van der Waals surface area contributed by atoms with Crippen LogP contribution in [0.15, 0.2) is 0 Å². The Bertz CT molecular complexity index is 211. The molecular weight excluding hydrogens is 236 g/mol. The minimum Gasteiger partial charge on any atom is -0.380 e. The standard InChI is InChI=1S/C16H34N2O/c1-4-5-13-19-14-11-17-10-12-18(3)16-9-7-6-8-15(16)2/h15-17H,4-14H2,1-3H3. The van der Waals surface area contributed by atoms with Gasteiger partial charge in [0.2, 0.25) is 0 Å². The zero-order chi connectivity index (χ0) is 13.9. The Morgan fingerprint density at radius 2 is 1.95 bits per heavy atom. The third kappa shape index (κ3) is 7.28. The average molecular weight is 270 g/mol. The number of nitrogens with zero attached hydrogens (tertiary/aromatic N) is 1. The van der Waals surface area contributed by atoms with E-state index >= 15 is 0 Å². The lowest BCUT2D eigenvalue weighted by atomic mass is 9.85. The Kier molecular flexibility index (Phi) is 9.48. The van der Waals surface area contributed by atoms with Crippen molar-refractivity contribution in [2.45, 2.75) is 58.4 Å². The lowest BCUT2D eigenvalue weighted by Crippen LogP contribution is -2.42. The van der Waals surface area contributed by atoms with Crippen LogP contribution in [0.5, 0.6) is 0 Å². The quantitative estimate of drug-likeness (QED) is 0.618. The van der Waals surface area contributed by atoms with E-state index in [-0.39, 0.29) is 0 Å². The molecule has 114 valence electrons. The summed E-state index contributed by atoms with van der Waals surface area (Å²) in [5.41, 5.74) is 0. The summed E-state index contributed by atoms with van der Waals surface area (Å²) in [7, 11) is 2.28. The smallest absolute Gasteiger partial charge is 0.0590 e. The molecule has 3 heteroatoms. The Labute approximate surface area is 120 Å². The molecule has 1 N–H and O–H groups in total. The first-order valence-electron chi connectivity index (χ1n) is 8.24. The van der Waals surface area contributed by atoms with Gasteiger partial charge in [0.15, 0.2) is 0 Å². The van der Waals surface area contributed by atoms with Gasteiger partial charge in [-0.1, -0.05) is 33.1 Å². The van der Waals surface area contributed by atoms with Crippen molar-refractivity contribution >= 4 is 0 Å². The van der Waals surface area contributed by atoms with Crippen LogP contribution >= 0.6 is 0 Å². The van der Waals surface area contributed by atoms with Gasteiger partial charge in [-0.05, 0) is 32.2 Å². The van der Waals surface area contributed by atoms with E-state index < -0.39 is 0 Å². The van der Waals surface area contributed by atoms with E-state index in [2.05, 4.69) is 31.1 Å². The maximum absolute atomic E-state index is 5.54. The molecule has 1 fully saturated rings. The molecule has 0 bridgehead atoms. The summed E-state index contributed by atoms with van der Waals surface area (Å²) in [5, 5.41) is 3.48. The van der Waals surface area contributed by atoms with Gasteiger partial charge >= 0.3 is 0 Å². The normalized spacial score (nSPS) is 24.0. The van der Waals surface area contributed by atoms with Gasteiger partial charge < -0.3 is 15.0 Å². The van der Waals surface area contributed by atoms with E-state index in [0.717, 1.165) is 44.8 Å². The molecule has 0 aromatic heterocycles. The van der Waals surface area contributed by atoms with Gasteiger partial charge in [0.05, 0.1) is 6.61 Å². The molecule has 0 radical (unpaired) electrons. The number of hydrogen-bond donors (Lipinski definition) is 1. The third-order valence-electron chi connectivity index (χ3n) is 4.34. The SMILES string of the molecule is CCCCOCCNCCN(C)C1CCCCC1C. The lowest BCUT2D eigenvalue weighted by Gasteiger charge is -2.36. The van der Waals surface area contributed by atoms with Crippen molar-refractivity contribution in [1.29, 1.82) is 0 Å². The van der Waals surface area contributed by atoms with Crippen LogP contribution in [0.4, 0.5) is 0 Å². The van der Waals surface area contributed by atoms with Gasteiger partial charge in [-0.15, -0.1) is 0 Å². The van der Waals surface area contributed by atoms with Crippen molar-refractivity contribution in [1.82, 2.24) is 10.2 Å². The second-order valence-corrected chi connectivity index (χ2v) is 6.03. The highest BCUT2D eigenvalue weighted by molar-refractivity contribution is 4.79. The van der Waals surface area contributed by atoms with Crippen LogP contribution in [-0.4, -0.2) is 50.8 Å². The zero-order valence-corrected chi connectivity index (χ0v) is 13.3. The highest BCUT2D eigenvalue weighted by atomic mass is 16.5. The van der Waals surface area contributed by atoms with E-state index in [9.17, 15) is 0 Å². The Morgan fingerprint density at radius 3 is 2.68 bits per heavy atom. The van der Waals surface area contributed by atoms with Gasteiger partial charge in [0, 0.05) is 32.3 Å². The van der Waals surface area contributed by atoms with Crippen LogP contribution in [0.3, 0.4) is 0 Å². The van der Waals surface area contributed by atoms with Gasteiger partial charge in [-0.2, -0.15) is 0 Å². The molecule has 0 spiro atoms. The van der Waals surface area contributed by atoms with Crippen LogP contribution in [0.2, 0.25) is 0 Å². The van der Waals surface area contributed by atoms with E-state index in [1.54, 1.807) is 0 Å². The highest BCUT2D eigenvalue weighted by Gasteiger charge is 2.24. The topological polar surface area (TPSA) is 24.5 Å². The van der Waals surface area contributed by atoms with Gasteiger partial charge in [0.1, 0.15) is 0 Å². The molecule has 2 unspecified atom stereocenters. The summed E-state index contributed by atoms with van der Waals surface area (Å²) in [6, 6.07) is 0.802. The predicted octanol–water partition coefficient (Wildman–Crippen LogP) is 2.90. The second kappa shape index (κ2) is 10.6. The first-order valence-corrected chi connectivity index (χ1v) is 8.24. The van der Waals surface area contributed by atoms with E-state index in [4.69, 9.17) is 4.74 Å². The molecule has 0 amide bonds. The summed E-state index contributed by atoms with van der Waals surface area (Å²) in [6.07, 6.45) is 8.04. The molecule has 1 rings (SSSR count). The summed E-state index contributed by atoms with van der Waals surface area (Å²) in [6.45, 7) is 9.60. The lowest BCUT2D eigenvalue weighted by molar-refractivity contribution is 0.126. The molecule has 1 aliphatic rings. The average Bonchev–Trinajstić information content (AvgIpc) is 2.42. The first kappa shape index (κ1) is 16.9. The first-order chi connectivity index (χ1) is 9.25. The number of rotatable bonds is 10. The molecule has 0 saturated heterocycles. The molecular formula is C16H34N2O. The monoisotopic (exact) mass is 270 g/mol. The summed E-state index contributed by atoms with van der Waals surface area (Å²) in [4.78, 5) is 2.55. The molecule has 0 aliphatic heterocycles. The summed E-state index contributed by atoms with van der Waals surface area (Å²) in [5.74, 6) is 0.871. The van der Waals surface area contributed by atoms with Crippen LogP contribution < -0.4 is 5.32 Å². The van der Waals surface area contributed by atoms with Crippen molar-refractivity contribution in [2.24, 2.45) is 5.92 Å².